The highest BCUT2D eigenvalue weighted by molar-refractivity contribution is 6.32. The summed E-state index contributed by atoms with van der Waals surface area (Å²) in [5.74, 6) is -0.0409. The van der Waals surface area contributed by atoms with Gasteiger partial charge >= 0.3 is 5.97 Å². The van der Waals surface area contributed by atoms with Crippen molar-refractivity contribution in [2.75, 3.05) is 0 Å². The molecule has 0 bridgehead atoms. The smallest absolute Gasteiger partial charge is 0.335 e. The van der Waals surface area contributed by atoms with Crippen molar-refractivity contribution in [1.29, 1.82) is 0 Å². The fraction of sp³-hybridized carbons (Fsp3) is 0.263. The Morgan fingerprint density at radius 3 is 2.50 bits per heavy atom. The van der Waals surface area contributed by atoms with Crippen molar-refractivity contribution < 1.29 is 9.90 Å². The number of benzene rings is 2. The van der Waals surface area contributed by atoms with Gasteiger partial charge in [0.2, 0.25) is 0 Å². The number of imidazole rings is 1. The van der Waals surface area contributed by atoms with Crippen LogP contribution >= 0.6 is 0 Å². The molecule has 0 saturated heterocycles. The van der Waals surface area contributed by atoms with Gasteiger partial charge in [0.25, 0.3) is 0 Å². The SMILES string of the molecule is [B]c1ccc(-c2nc3cc(C(=O)O)ccc3n2C2CCCC2)cc1. The van der Waals surface area contributed by atoms with Crippen molar-refractivity contribution in [2.45, 2.75) is 31.7 Å². The molecule has 4 rings (SSSR count). The highest BCUT2D eigenvalue weighted by atomic mass is 16.4. The van der Waals surface area contributed by atoms with Crippen molar-refractivity contribution >= 4 is 30.3 Å². The maximum absolute atomic E-state index is 11.3. The largest absolute Gasteiger partial charge is 0.478 e. The molecule has 0 atom stereocenters. The van der Waals surface area contributed by atoms with Crippen LogP contribution in [0.5, 0.6) is 0 Å². The van der Waals surface area contributed by atoms with Crippen LogP contribution in [-0.4, -0.2) is 28.5 Å². The Morgan fingerprint density at radius 1 is 1.12 bits per heavy atom. The third-order valence-electron chi connectivity index (χ3n) is 4.80. The summed E-state index contributed by atoms with van der Waals surface area (Å²) < 4.78 is 2.28. The third kappa shape index (κ3) is 2.50. The van der Waals surface area contributed by atoms with E-state index in [1.807, 2.05) is 30.3 Å². The Balaban J connectivity index is 1.94. The first-order valence-electron chi connectivity index (χ1n) is 8.24. The van der Waals surface area contributed by atoms with E-state index >= 15 is 0 Å². The normalized spacial score (nSPS) is 15.2. The lowest BCUT2D eigenvalue weighted by atomic mass is 9.95. The van der Waals surface area contributed by atoms with Gasteiger partial charge in [0, 0.05) is 11.6 Å². The van der Waals surface area contributed by atoms with Crippen LogP contribution in [0.1, 0.15) is 42.1 Å². The van der Waals surface area contributed by atoms with E-state index in [1.54, 1.807) is 12.1 Å². The quantitative estimate of drug-likeness (QED) is 0.754. The molecule has 1 aliphatic carbocycles. The van der Waals surface area contributed by atoms with Crippen LogP contribution in [0.3, 0.4) is 0 Å². The van der Waals surface area contributed by atoms with E-state index in [4.69, 9.17) is 12.8 Å². The average molecular weight is 316 g/mol. The van der Waals surface area contributed by atoms with Crippen molar-refractivity contribution in [3.8, 4) is 11.4 Å². The molecule has 1 heterocycles. The van der Waals surface area contributed by atoms with E-state index < -0.39 is 5.97 Å². The number of aromatic carboxylic acids is 1. The van der Waals surface area contributed by atoms with Crippen molar-refractivity contribution in [2.24, 2.45) is 0 Å². The first-order valence-corrected chi connectivity index (χ1v) is 8.24. The van der Waals surface area contributed by atoms with Crippen LogP contribution in [0.2, 0.25) is 0 Å². The van der Waals surface area contributed by atoms with E-state index in [9.17, 15) is 9.90 Å². The Bertz CT molecular complexity index is 909. The minimum atomic E-state index is -0.929. The van der Waals surface area contributed by atoms with Gasteiger partial charge in [0.15, 0.2) is 0 Å². The fourth-order valence-corrected chi connectivity index (χ4v) is 3.60. The second-order valence-corrected chi connectivity index (χ2v) is 6.37. The maximum atomic E-state index is 11.3. The molecule has 3 aromatic rings. The number of nitrogens with zero attached hydrogens (tertiary/aromatic N) is 2. The van der Waals surface area contributed by atoms with Gasteiger partial charge in [-0.15, -0.1) is 0 Å². The molecule has 1 fully saturated rings. The zero-order valence-electron chi connectivity index (χ0n) is 13.3. The zero-order chi connectivity index (χ0) is 16.7. The summed E-state index contributed by atoms with van der Waals surface area (Å²) >= 11 is 0. The molecular weight excluding hydrogens is 299 g/mol. The van der Waals surface area contributed by atoms with Gasteiger partial charge in [0.05, 0.1) is 16.6 Å². The number of hydrogen-bond donors (Lipinski definition) is 1. The van der Waals surface area contributed by atoms with Gasteiger partial charge in [0.1, 0.15) is 13.7 Å². The van der Waals surface area contributed by atoms with E-state index in [2.05, 4.69) is 4.57 Å². The molecule has 2 radical (unpaired) electrons. The Kier molecular flexibility index (Phi) is 3.64. The molecule has 2 aromatic carbocycles. The van der Waals surface area contributed by atoms with Crippen LogP contribution in [0, 0.1) is 0 Å². The second kappa shape index (κ2) is 5.82. The molecule has 24 heavy (non-hydrogen) atoms. The molecule has 1 aliphatic rings. The fourth-order valence-electron chi connectivity index (χ4n) is 3.60. The number of carboxylic acid groups (broad SMARTS) is 1. The van der Waals surface area contributed by atoms with Gasteiger partial charge in [-0.05, 0) is 31.0 Å². The lowest BCUT2D eigenvalue weighted by molar-refractivity contribution is 0.0697. The number of carbonyl (C=O) groups is 1. The molecule has 4 nitrogen and oxygen atoms in total. The van der Waals surface area contributed by atoms with Gasteiger partial charge < -0.3 is 9.67 Å². The van der Waals surface area contributed by atoms with Crippen LogP contribution in [0.15, 0.2) is 42.5 Å². The monoisotopic (exact) mass is 316 g/mol. The van der Waals surface area contributed by atoms with Gasteiger partial charge in [-0.1, -0.05) is 42.6 Å². The Labute approximate surface area is 141 Å². The lowest BCUT2D eigenvalue weighted by Gasteiger charge is -2.16. The zero-order valence-corrected chi connectivity index (χ0v) is 13.3. The van der Waals surface area contributed by atoms with Crippen molar-refractivity contribution in [3.63, 3.8) is 0 Å². The van der Waals surface area contributed by atoms with Crippen LogP contribution < -0.4 is 5.46 Å². The topological polar surface area (TPSA) is 55.1 Å². The van der Waals surface area contributed by atoms with E-state index in [-0.39, 0.29) is 5.56 Å². The molecular formula is C19H17BN2O2. The molecule has 5 heteroatoms. The van der Waals surface area contributed by atoms with E-state index in [0.717, 1.165) is 40.7 Å². The summed E-state index contributed by atoms with van der Waals surface area (Å²) in [4.78, 5) is 16.0. The lowest BCUT2D eigenvalue weighted by Crippen LogP contribution is -2.07. The summed E-state index contributed by atoms with van der Waals surface area (Å²) in [6, 6.07) is 13.3. The summed E-state index contributed by atoms with van der Waals surface area (Å²) in [5.41, 5.74) is 3.72. The molecule has 0 aliphatic heterocycles. The molecule has 1 N–H and O–H groups in total. The molecule has 0 amide bonds. The maximum Gasteiger partial charge on any atom is 0.335 e. The van der Waals surface area contributed by atoms with Gasteiger partial charge in [-0.3, -0.25) is 0 Å². The summed E-state index contributed by atoms with van der Waals surface area (Å²) in [5, 5.41) is 9.23. The van der Waals surface area contributed by atoms with E-state index in [0.29, 0.717) is 6.04 Å². The minimum absolute atomic E-state index is 0.266. The van der Waals surface area contributed by atoms with Gasteiger partial charge in [-0.2, -0.15) is 0 Å². The predicted molar refractivity (Wildman–Crippen MR) is 95.0 cm³/mol. The first-order chi connectivity index (χ1) is 11.6. The number of rotatable bonds is 3. The summed E-state index contributed by atoms with van der Waals surface area (Å²) in [6.45, 7) is 0. The molecule has 0 unspecified atom stereocenters. The number of fused-ring (bicyclic) bond motifs is 1. The Morgan fingerprint density at radius 2 is 1.83 bits per heavy atom. The minimum Gasteiger partial charge on any atom is -0.478 e. The first kappa shape index (κ1) is 15.0. The van der Waals surface area contributed by atoms with Crippen molar-refractivity contribution in [3.05, 3.63) is 48.0 Å². The second-order valence-electron chi connectivity index (χ2n) is 6.37. The summed E-state index contributed by atoms with van der Waals surface area (Å²) in [6.07, 6.45) is 4.71. The van der Waals surface area contributed by atoms with E-state index in [1.165, 1.54) is 12.8 Å². The third-order valence-corrected chi connectivity index (χ3v) is 4.80. The van der Waals surface area contributed by atoms with Gasteiger partial charge in [-0.25, -0.2) is 9.78 Å². The average Bonchev–Trinajstić information content (AvgIpc) is 3.21. The highest BCUT2D eigenvalue weighted by Gasteiger charge is 2.23. The molecule has 1 saturated carbocycles. The standard InChI is InChI=1S/C19H17BN2O2/c20-14-8-5-12(6-9-14)18-21-16-11-13(19(23)24)7-10-17(16)22(18)15-3-1-2-4-15/h5-11,15H,1-4H2,(H,23,24). The molecule has 0 spiro atoms. The van der Waals surface area contributed by atoms with Crippen LogP contribution in [0.4, 0.5) is 0 Å². The van der Waals surface area contributed by atoms with Crippen LogP contribution in [-0.2, 0) is 0 Å². The summed E-state index contributed by atoms with van der Waals surface area (Å²) in [7, 11) is 5.80. The molecule has 1 aromatic heterocycles. The highest BCUT2D eigenvalue weighted by Crippen LogP contribution is 2.36. The number of carboxylic acids is 1. The number of aromatic nitrogens is 2. The van der Waals surface area contributed by atoms with Crippen LogP contribution in [0.25, 0.3) is 22.4 Å². The predicted octanol–water partition coefficient (Wildman–Crippen LogP) is 3.31. The molecule has 118 valence electrons. The Hall–Kier alpha value is -2.56. The number of hydrogen-bond acceptors (Lipinski definition) is 2. The van der Waals surface area contributed by atoms with Crippen molar-refractivity contribution in [1.82, 2.24) is 9.55 Å².